The van der Waals surface area contributed by atoms with E-state index in [1.165, 1.54) is 42.6 Å². The second-order valence-electron chi connectivity index (χ2n) is 7.95. The summed E-state index contributed by atoms with van der Waals surface area (Å²) >= 11 is 0. The van der Waals surface area contributed by atoms with Crippen LogP contribution in [0.5, 0.6) is 5.75 Å². The lowest BCUT2D eigenvalue weighted by molar-refractivity contribution is -0.122. The van der Waals surface area contributed by atoms with Crippen molar-refractivity contribution in [1.29, 1.82) is 0 Å². The van der Waals surface area contributed by atoms with E-state index in [0.717, 1.165) is 12.8 Å². The summed E-state index contributed by atoms with van der Waals surface area (Å²) in [5.41, 5.74) is 1.36. The van der Waals surface area contributed by atoms with Gasteiger partial charge >= 0.3 is 0 Å². The third kappa shape index (κ3) is 5.91. The molecule has 1 fully saturated rings. The molecule has 9 nitrogen and oxygen atoms in total. The van der Waals surface area contributed by atoms with E-state index in [0.29, 0.717) is 30.0 Å². The molecule has 0 aromatic heterocycles. The Kier molecular flexibility index (Phi) is 7.78. The summed E-state index contributed by atoms with van der Waals surface area (Å²) < 4.78 is 59.4. The summed E-state index contributed by atoms with van der Waals surface area (Å²) in [5.74, 6) is 0.0663. The molecule has 0 aliphatic carbocycles. The molecule has 1 amide bonds. The SMILES string of the molecule is COc1ccc(S(=O)(=O)N[C@@H](C)C(=O)NCc2ccc(S(=O)(=O)N3CCCC3)cc2)cc1C. The van der Waals surface area contributed by atoms with E-state index in [2.05, 4.69) is 10.0 Å². The maximum atomic E-state index is 12.6. The van der Waals surface area contributed by atoms with Crippen molar-refractivity contribution in [3.63, 3.8) is 0 Å². The van der Waals surface area contributed by atoms with Crippen LogP contribution in [0.1, 0.15) is 30.9 Å². The van der Waals surface area contributed by atoms with E-state index in [9.17, 15) is 21.6 Å². The predicted octanol–water partition coefficient (Wildman–Crippen LogP) is 1.77. The number of hydrogen-bond acceptors (Lipinski definition) is 6. The molecule has 0 bridgehead atoms. The minimum Gasteiger partial charge on any atom is -0.496 e. The summed E-state index contributed by atoms with van der Waals surface area (Å²) in [6.07, 6.45) is 1.73. The Bertz CT molecular complexity index is 1210. The van der Waals surface area contributed by atoms with Gasteiger partial charge in [0.05, 0.1) is 22.9 Å². The fourth-order valence-electron chi connectivity index (χ4n) is 3.57. The zero-order valence-electron chi connectivity index (χ0n) is 18.9. The zero-order valence-corrected chi connectivity index (χ0v) is 20.5. The van der Waals surface area contributed by atoms with Gasteiger partial charge in [-0.05, 0) is 68.1 Å². The van der Waals surface area contributed by atoms with Crippen LogP contribution >= 0.6 is 0 Å². The summed E-state index contributed by atoms with van der Waals surface area (Å²) in [6, 6.07) is 9.76. The van der Waals surface area contributed by atoms with Crippen LogP contribution in [0.2, 0.25) is 0 Å². The fourth-order valence-corrected chi connectivity index (χ4v) is 6.38. The van der Waals surface area contributed by atoms with Crippen LogP contribution in [0.25, 0.3) is 0 Å². The van der Waals surface area contributed by atoms with Crippen LogP contribution in [-0.4, -0.2) is 53.3 Å². The van der Waals surface area contributed by atoms with Crippen molar-refractivity contribution in [3.05, 3.63) is 53.6 Å². The second-order valence-corrected chi connectivity index (χ2v) is 11.6. The molecule has 0 unspecified atom stereocenters. The van der Waals surface area contributed by atoms with Gasteiger partial charge in [0.15, 0.2) is 0 Å². The zero-order chi connectivity index (χ0) is 24.2. The van der Waals surface area contributed by atoms with E-state index in [1.54, 1.807) is 25.1 Å². The van der Waals surface area contributed by atoms with Crippen LogP contribution in [0.4, 0.5) is 0 Å². The van der Waals surface area contributed by atoms with Gasteiger partial charge in [-0.2, -0.15) is 9.03 Å². The van der Waals surface area contributed by atoms with Crippen molar-refractivity contribution in [2.24, 2.45) is 0 Å². The van der Waals surface area contributed by atoms with Crippen molar-refractivity contribution in [3.8, 4) is 5.75 Å². The normalized spacial score (nSPS) is 15.8. The number of sulfonamides is 2. The lowest BCUT2D eigenvalue weighted by Gasteiger charge is -2.16. The summed E-state index contributed by atoms with van der Waals surface area (Å²) in [7, 11) is -5.89. The molecule has 1 aliphatic rings. The number of hydrogen-bond donors (Lipinski definition) is 2. The molecule has 1 heterocycles. The number of methoxy groups -OCH3 is 1. The van der Waals surface area contributed by atoms with Gasteiger partial charge in [0, 0.05) is 19.6 Å². The molecule has 33 heavy (non-hydrogen) atoms. The van der Waals surface area contributed by atoms with Crippen LogP contribution in [0, 0.1) is 6.92 Å². The molecule has 2 aromatic rings. The number of carbonyl (C=O) groups excluding carboxylic acids is 1. The molecule has 2 N–H and O–H groups in total. The standard InChI is InChI=1S/C22H29N3O6S2/c1-16-14-20(10-11-21(16)31-3)32(27,28)24-17(2)22(26)23-15-18-6-8-19(9-7-18)33(29,30)25-12-4-5-13-25/h6-11,14,17,24H,4-5,12-13,15H2,1-3H3,(H,23,26)/t17-/m0/s1. The molecule has 1 saturated heterocycles. The summed E-state index contributed by atoms with van der Waals surface area (Å²) in [5, 5.41) is 2.67. The molecule has 2 aromatic carbocycles. The molecule has 0 saturated carbocycles. The highest BCUT2D eigenvalue weighted by molar-refractivity contribution is 7.89. The van der Waals surface area contributed by atoms with Gasteiger partial charge in [-0.3, -0.25) is 4.79 Å². The first-order chi connectivity index (χ1) is 15.5. The van der Waals surface area contributed by atoms with Crippen molar-refractivity contribution in [2.75, 3.05) is 20.2 Å². The van der Waals surface area contributed by atoms with Gasteiger partial charge in [-0.15, -0.1) is 0 Å². The molecule has 1 atom stereocenters. The molecule has 0 spiro atoms. The minimum absolute atomic E-state index is 0.0373. The Morgan fingerprint density at radius 2 is 1.64 bits per heavy atom. The average molecular weight is 496 g/mol. The highest BCUT2D eigenvalue weighted by atomic mass is 32.2. The van der Waals surface area contributed by atoms with Crippen molar-refractivity contribution in [1.82, 2.24) is 14.3 Å². The minimum atomic E-state index is -3.90. The Balaban J connectivity index is 1.58. The lowest BCUT2D eigenvalue weighted by Crippen LogP contribution is -2.44. The van der Waals surface area contributed by atoms with Gasteiger partial charge in [-0.1, -0.05) is 12.1 Å². The topological polar surface area (TPSA) is 122 Å². The number of carbonyl (C=O) groups is 1. The summed E-state index contributed by atoms with van der Waals surface area (Å²) in [6.45, 7) is 4.38. The van der Waals surface area contributed by atoms with E-state index in [4.69, 9.17) is 4.74 Å². The Hall–Kier alpha value is -2.47. The molecule has 180 valence electrons. The van der Waals surface area contributed by atoms with E-state index >= 15 is 0 Å². The molecular weight excluding hydrogens is 466 g/mol. The summed E-state index contributed by atoms with van der Waals surface area (Å²) in [4.78, 5) is 12.7. The van der Waals surface area contributed by atoms with Gasteiger partial charge in [0.25, 0.3) is 0 Å². The highest BCUT2D eigenvalue weighted by Crippen LogP contribution is 2.22. The molecule has 11 heteroatoms. The maximum absolute atomic E-state index is 12.6. The Morgan fingerprint density at radius 1 is 1.03 bits per heavy atom. The number of benzene rings is 2. The molecule has 1 aliphatic heterocycles. The Labute approximate surface area is 195 Å². The quantitative estimate of drug-likeness (QED) is 0.547. The van der Waals surface area contributed by atoms with E-state index in [-0.39, 0.29) is 16.3 Å². The fraction of sp³-hybridized carbons (Fsp3) is 0.409. The first kappa shape index (κ1) is 25.2. The number of aryl methyl sites for hydroxylation is 1. The van der Waals surface area contributed by atoms with Crippen molar-refractivity contribution < 1.29 is 26.4 Å². The van der Waals surface area contributed by atoms with Crippen LogP contribution < -0.4 is 14.8 Å². The van der Waals surface area contributed by atoms with Crippen molar-refractivity contribution in [2.45, 2.75) is 49.1 Å². The first-order valence-corrected chi connectivity index (χ1v) is 13.5. The van der Waals surface area contributed by atoms with Gasteiger partial charge in [-0.25, -0.2) is 16.8 Å². The van der Waals surface area contributed by atoms with Crippen LogP contribution in [-0.2, 0) is 31.4 Å². The van der Waals surface area contributed by atoms with Crippen LogP contribution in [0.15, 0.2) is 52.3 Å². The lowest BCUT2D eigenvalue weighted by atomic mass is 10.2. The molecular formula is C22H29N3O6S2. The van der Waals surface area contributed by atoms with Gasteiger partial charge in [0.2, 0.25) is 26.0 Å². The van der Waals surface area contributed by atoms with Crippen LogP contribution in [0.3, 0.4) is 0 Å². The number of nitrogens with zero attached hydrogens (tertiary/aromatic N) is 1. The maximum Gasteiger partial charge on any atom is 0.243 e. The average Bonchev–Trinajstić information content (AvgIpc) is 3.33. The van der Waals surface area contributed by atoms with E-state index in [1.807, 2.05) is 0 Å². The molecule has 0 radical (unpaired) electrons. The van der Waals surface area contributed by atoms with Gasteiger partial charge < -0.3 is 10.1 Å². The predicted molar refractivity (Wildman–Crippen MR) is 124 cm³/mol. The number of nitrogens with one attached hydrogen (secondary N) is 2. The van der Waals surface area contributed by atoms with Crippen molar-refractivity contribution >= 4 is 26.0 Å². The first-order valence-electron chi connectivity index (χ1n) is 10.6. The number of rotatable bonds is 9. The van der Waals surface area contributed by atoms with E-state index < -0.39 is 32.0 Å². The Morgan fingerprint density at radius 3 is 2.21 bits per heavy atom. The number of ether oxygens (including phenoxy) is 1. The van der Waals surface area contributed by atoms with Gasteiger partial charge in [0.1, 0.15) is 5.75 Å². The second kappa shape index (κ2) is 10.2. The number of amides is 1. The highest BCUT2D eigenvalue weighted by Gasteiger charge is 2.27. The third-order valence-corrected chi connectivity index (χ3v) is 8.95. The largest absolute Gasteiger partial charge is 0.496 e. The monoisotopic (exact) mass is 495 g/mol. The smallest absolute Gasteiger partial charge is 0.243 e. The molecule has 3 rings (SSSR count). The third-order valence-electron chi connectivity index (χ3n) is 5.49.